The maximum absolute atomic E-state index is 12.3. The standard InChI is InChI=1S/C19H19F3N2O3/c1-12-3-5-14(6-4-12)17(23-13(2)25)11-18(26)24-15-7-9-16(10-8-15)27-19(20,21)22/h3-10,17H,11H2,1-2H3,(H,23,25)(H,24,26). The zero-order valence-electron chi connectivity index (χ0n) is 14.8. The first-order chi connectivity index (χ1) is 12.6. The van der Waals surface area contributed by atoms with E-state index in [1.807, 2.05) is 31.2 Å². The zero-order valence-corrected chi connectivity index (χ0v) is 14.8. The lowest BCUT2D eigenvalue weighted by Crippen LogP contribution is -2.29. The molecule has 0 aliphatic carbocycles. The van der Waals surface area contributed by atoms with Gasteiger partial charge in [0.25, 0.3) is 0 Å². The summed E-state index contributed by atoms with van der Waals surface area (Å²) < 4.78 is 40.3. The summed E-state index contributed by atoms with van der Waals surface area (Å²) in [5.74, 6) is -1.04. The summed E-state index contributed by atoms with van der Waals surface area (Å²) in [4.78, 5) is 23.7. The minimum Gasteiger partial charge on any atom is -0.406 e. The third-order valence-electron chi connectivity index (χ3n) is 3.62. The summed E-state index contributed by atoms with van der Waals surface area (Å²) in [5, 5.41) is 5.31. The molecule has 1 unspecified atom stereocenters. The molecule has 0 spiro atoms. The highest BCUT2D eigenvalue weighted by Crippen LogP contribution is 2.24. The summed E-state index contributed by atoms with van der Waals surface area (Å²) in [5.41, 5.74) is 2.14. The van der Waals surface area contributed by atoms with E-state index in [9.17, 15) is 22.8 Å². The quantitative estimate of drug-likeness (QED) is 0.793. The van der Waals surface area contributed by atoms with E-state index in [0.29, 0.717) is 5.69 Å². The smallest absolute Gasteiger partial charge is 0.406 e. The average molecular weight is 380 g/mol. The van der Waals surface area contributed by atoms with Gasteiger partial charge in [-0.1, -0.05) is 29.8 Å². The topological polar surface area (TPSA) is 67.4 Å². The molecule has 1 atom stereocenters. The van der Waals surface area contributed by atoms with Crippen molar-refractivity contribution >= 4 is 17.5 Å². The second-order valence-electron chi connectivity index (χ2n) is 5.99. The van der Waals surface area contributed by atoms with Gasteiger partial charge < -0.3 is 15.4 Å². The van der Waals surface area contributed by atoms with E-state index < -0.39 is 12.4 Å². The minimum absolute atomic E-state index is 0.0244. The van der Waals surface area contributed by atoms with Crippen molar-refractivity contribution in [2.75, 3.05) is 5.32 Å². The molecule has 2 rings (SSSR count). The van der Waals surface area contributed by atoms with E-state index in [2.05, 4.69) is 15.4 Å². The lowest BCUT2D eigenvalue weighted by atomic mass is 10.0. The van der Waals surface area contributed by atoms with Gasteiger partial charge in [0.1, 0.15) is 5.75 Å². The first-order valence-electron chi connectivity index (χ1n) is 8.12. The van der Waals surface area contributed by atoms with Crippen molar-refractivity contribution in [3.8, 4) is 5.75 Å². The summed E-state index contributed by atoms with van der Waals surface area (Å²) in [6, 6.07) is 11.7. The fourth-order valence-electron chi connectivity index (χ4n) is 2.43. The Morgan fingerprint density at radius 3 is 2.15 bits per heavy atom. The zero-order chi connectivity index (χ0) is 20.0. The number of rotatable bonds is 6. The van der Waals surface area contributed by atoms with Crippen molar-refractivity contribution in [3.63, 3.8) is 0 Å². The average Bonchev–Trinajstić information content (AvgIpc) is 2.55. The SMILES string of the molecule is CC(=O)NC(CC(=O)Nc1ccc(OC(F)(F)F)cc1)c1ccc(C)cc1. The van der Waals surface area contributed by atoms with Crippen molar-refractivity contribution in [2.45, 2.75) is 32.7 Å². The van der Waals surface area contributed by atoms with Crippen LogP contribution in [-0.4, -0.2) is 18.2 Å². The molecule has 0 aliphatic rings. The van der Waals surface area contributed by atoms with Gasteiger partial charge in [-0.15, -0.1) is 13.2 Å². The van der Waals surface area contributed by atoms with Crippen molar-refractivity contribution in [3.05, 3.63) is 59.7 Å². The Kier molecular flexibility index (Phi) is 6.44. The van der Waals surface area contributed by atoms with E-state index in [1.165, 1.54) is 19.1 Å². The van der Waals surface area contributed by atoms with Crippen molar-refractivity contribution in [1.82, 2.24) is 5.32 Å². The van der Waals surface area contributed by atoms with Crippen LogP contribution >= 0.6 is 0 Å². The number of alkyl halides is 3. The number of benzene rings is 2. The number of hydrogen-bond donors (Lipinski definition) is 2. The molecule has 2 amide bonds. The van der Waals surface area contributed by atoms with Gasteiger partial charge >= 0.3 is 6.36 Å². The first kappa shape index (κ1) is 20.3. The van der Waals surface area contributed by atoms with Crippen LogP contribution in [0.4, 0.5) is 18.9 Å². The minimum atomic E-state index is -4.77. The van der Waals surface area contributed by atoms with Gasteiger partial charge in [-0.05, 0) is 36.8 Å². The van der Waals surface area contributed by atoms with Crippen LogP contribution in [0.5, 0.6) is 5.75 Å². The van der Waals surface area contributed by atoms with Crippen LogP contribution in [0.1, 0.15) is 30.5 Å². The number of aryl methyl sites for hydroxylation is 1. The lowest BCUT2D eigenvalue weighted by molar-refractivity contribution is -0.274. The van der Waals surface area contributed by atoms with Gasteiger partial charge in [0, 0.05) is 12.6 Å². The van der Waals surface area contributed by atoms with E-state index in [1.54, 1.807) is 0 Å². The maximum atomic E-state index is 12.3. The molecule has 2 aromatic rings. The monoisotopic (exact) mass is 380 g/mol. The second-order valence-corrected chi connectivity index (χ2v) is 5.99. The highest BCUT2D eigenvalue weighted by atomic mass is 19.4. The lowest BCUT2D eigenvalue weighted by Gasteiger charge is -2.18. The number of halogens is 3. The van der Waals surface area contributed by atoms with Crippen LogP contribution in [0, 0.1) is 6.92 Å². The molecular weight excluding hydrogens is 361 g/mol. The summed E-state index contributed by atoms with van der Waals surface area (Å²) >= 11 is 0. The van der Waals surface area contributed by atoms with Crippen LogP contribution in [0.15, 0.2) is 48.5 Å². The molecule has 0 bridgehead atoms. The third-order valence-corrected chi connectivity index (χ3v) is 3.62. The number of hydrogen-bond acceptors (Lipinski definition) is 3. The van der Waals surface area contributed by atoms with Crippen LogP contribution in [0.3, 0.4) is 0 Å². The number of anilines is 1. The highest BCUT2D eigenvalue weighted by Gasteiger charge is 2.31. The van der Waals surface area contributed by atoms with Crippen LogP contribution in [-0.2, 0) is 9.59 Å². The van der Waals surface area contributed by atoms with Gasteiger partial charge in [-0.3, -0.25) is 9.59 Å². The Morgan fingerprint density at radius 2 is 1.63 bits per heavy atom. The van der Waals surface area contributed by atoms with Crippen LogP contribution in [0.2, 0.25) is 0 Å². The Balaban J connectivity index is 2.02. The Hall–Kier alpha value is -3.03. The molecule has 0 radical (unpaired) electrons. The Labute approximate surface area is 154 Å². The van der Waals surface area contributed by atoms with Gasteiger partial charge in [-0.2, -0.15) is 0 Å². The predicted molar refractivity (Wildman–Crippen MR) is 94.1 cm³/mol. The Bertz CT molecular complexity index is 787. The molecule has 27 heavy (non-hydrogen) atoms. The molecule has 0 saturated heterocycles. The van der Waals surface area contributed by atoms with Crippen molar-refractivity contribution in [2.24, 2.45) is 0 Å². The van der Waals surface area contributed by atoms with Gasteiger partial charge in [0.15, 0.2) is 0 Å². The van der Waals surface area contributed by atoms with E-state index >= 15 is 0 Å². The van der Waals surface area contributed by atoms with Crippen LogP contribution < -0.4 is 15.4 Å². The molecule has 8 heteroatoms. The van der Waals surface area contributed by atoms with E-state index in [-0.39, 0.29) is 24.0 Å². The van der Waals surface area contributed by atoms with Gasteiger partial charge in [0.2, 0.25) is 11.8 Å². The van der Waals surface area contributed by atoms with Crippen molar-refractivity contribution in [1.29, 1.82) is 0 Å². The van der Waals surface area contributed by atoms with Crippen LogP contribution in [0.25, 0.3) is 0 Å². The summed E-state index contributed by atoms with van der Waals surface area (Å²) in [6.45, 7) is 3.29. The molecule has 0 fully saturated rings. The van der Waals surface area contributed by atoms with E-state index in [4.69, 9.17) is 0 Å². The molecular formula is C19H19F3N2O3. The number of carbonyl (C=O) groups is 2. The first-order valence-corrected chi connectivity index (χ1v) is 8.12. The normalized spacial score (nSPS) is 12.2. The summed E-state index contributed by atoms with van der Waals surface area (Å²) in [6.07, 6.45) is -4.80. The number of ether oxygens (including phenoxy) is 1. The second kappa shape index (κ2) is 8.57. The molecule has 144 valence electrons. The molecule has 5 nitrogen and oxygen atoms in total. The van der Waals surface area contributed by atoms with Gasteiger partial charge in [0.05, 0.1) is 12.5 Å². The molecule has 2 N–H and O–H groups in total. The number of amides is 2. The number of carbonyl (C=O) groups excluding carboxylic acids is 2. The number of nitrogens with one attached hydrogen (secondary N) is 2. The largest absolute Gasteiger partial charge is 0.573 e. The molecule has 0 saturated carbocycles. The Morgan fingerprint density at radius 1 is 1.04 bits per heavy atom. The molecule has 0 aliphatic heterocycles. The molecule has 0 heterocycles. The molecule has 0 aromatic heterocycles. The maximum Gasteiger partial charge on any atom is 0.573 e. The third kappa shape index (κ3) is 7.01. The van der Waals surface area contributed by atoms with E-state index in [0.717, 1.165) is 23.3 Å². The fraction of sp³-hybridized carbons (Fsp3) is 0.263. The predicted octanol–water partition coefficient (Wildman–Crippen LogP) is 4.10. The van der Waals surface area contributed by atoms with Gasteiger partial charge in [-0.25, -0.2) is 0 Å². The molecule has 2 aromatic carbocycles. The highest BCUT2D eigenvalue weighted by molar-refractivity contribution is 5.91. The fourth-order valence-corrected chi connectivity index (χ4v) is 2.43. The summed E-state index contributed by atoms with van der Waals surface area (Å²) in [7, 11) is 0. The van der Waals surface area contributed by atoms with Crippen molar-refractivity contribution < 1.29 is 27.5 Å².